The molecule has 0 aliphatic heterocycles. The number of hydrogen-bond donors (Lipinski definition) is 1. The normalized spacial score (nSPS) is 15.8. The molecular weight excluding hydrogens is 168 g/mol. The molecule has 4 nitrogen and oxygen atoms in total. The van der Waals surface area contributed by atoms with E-state index >= 15 is 0 Å². The summed E-state index contributed by atoms with van der Waals surface area (Å²) in [6.45, 7) is 3.17. The van der Waals surface area contributed by atoms with Crippen LogP contribution in [0.1, 0.15) is 12.8 Å². The van der Waals surface area contributed by atoms with Crippen LogP contribution in [-0.4, -0.2) is 26.6 Å². The van der Waals surface area contributed by atoms with Crippen molar-refractivity contribution in [1.29, 1.82) is 0 Å². The maximum atomic E-state index is 9.97. The fraction of sp³-hybridized carbons (Fsp3) is 0.667. The van der Waals surface area contributed by atoms with E-state index < -0.39 is 17.5 Å². The lowest BCUT2D eigenvalue weighted by atomic mass is 10.2. The molecule has 1 N–H and O–H groups in total. The van der Waals surface area contributed by atoms with Crippen LogP contribution in [0.5, 0.6) is 0 Å². The number of allylic oxidation sites excluding steroid dienone is 1. The minimum Gasteiger partial charge on any atom is -0.750 e. The smallest absolute Gasteiger partial charge is 0.0970 e. The predicted molar refractivity (Wildman–Crippen MR) is 40.3 cm³/mol. The molecule has 11 heavy (non-hydrogen) atoms. The third-order valence-corrected chi connectivity index (χ3v) is 1.54. The van der Waals surface area contributed by atoms with Gasteiger partial charge in [0.15, 0.2) is 0 Å². The Kier molecular flexibility index (Phi) is 6.34. The van der Waals surface area contributed by atoms with Gasteiger partial charge < -0.3 is 9.66 Å². The molecule has 0 bridgehead atoms. The third-order valence-electron chi connectivity index (χ3n) is 1.11. The molecule has 2 unspecified atom stereocenters. The first-order chi connectivity index (χ1) is 5.20. The van der Waals surface area contributed by atoms with Crippen molar-refractivity contribution in [3.05, 3.63) is 12.7 Å². The molecule has 0 aliphatic carbocycles. The van der Waals surface area contributed by atoms with Crippen LogP contribution in [0.2, 0.25) is 0 Å². The number of aliphatic hydroxyl groups excluding tert-OH is 1. The maximum Gasteiger partial charge on any atom is 0.0970 e. The summed E-state index contributed by atoms with van der Waals surface area (Å²) in [5, 5.41) is 8.57. The zero-order valence-electron chi connectivity index (χ0n) is 6.06. The molecule has 0 heterocycles. The number of aliphatic hydroxyl groups is 1. The second-order valence-electron chi connectivity index (χ2n) is 1.97. The van der Waals surface area contributed by atoms with Gasteiger partial charge in [0.05, 0.1) is 24.1 Å². The van der Waals surface area contributed by atoms with Crippen molar-refractivity contribution in [1.82, 2.24) is 0 Å². The van der Waals surface area contributed by atoms with Crippen molar-refractivity contribution in [3.8, 4) is 0 Å². The molecule has 0 aromatic rings. The summed E-state index contributed by atoms with van der Waals surface area (Å²) < 4.78 is 24.3. The predicted octanol–water partition coefficient (Wildman–Crippen LogP) is 0.124. The molecule has 0 aliphatic rings. The van der Waals surface area contributed by atoms with Gasteiger partial charge in [-0.05, 0) is 12.8 Å². The van der Waals surface area contributed by atoms with Crippen LogP contribution in [0.15, 0.2) is 12.7 Å². The first-order valence-electron chi connectivity index (χ1n) is 3.18. The molecule has 66 valence electrons. The van der Waals surface area contributed by atoms with Gasteiger partial charge in [-0.15, -0.1) is 6.58 Å². The third kappa shape index (κ3) is 6.18. The van der Waals surface area contributed by atoms with E-state index in [1.165, 1.54) is 0 Å². The van der Waals surface area contributed by atoms with Crippen molar-refractivity contribution >= 4 is 11.4 Å². The highest BCUT2D eigenvalue weighted by molar-refractivity contribution is 7.74. The topological polar surface area (TPSA) is 69.6 Å². The molecule has 2 atom stereocenters. The first kappa shape index (κ1) is 10.8. The summed E-state index contributed by atoms with van der Waals surface area (Å²) in [5.74, 6) is 0. The summed E-state index contributed by atoms with van der Waals surface area (Å²) in [4.78, 5) is 0. The van der Waals surface area contributed by atoms with Crippen molar-refractivity contribution < 1.29 is 18.1 Å². The van der Waals surface area contributed by atoms with Crippen LogP contribution in [0.4, 0.5) is 0 Å². The zero-order valence-corrected chi connectivity index (χ0v) is 6.88. The van der Waals surface area contributed by atoms with E-state index in [1.807, 2.05) is 0 Å². The molecule has 0 rings (SSSR count). The quantitative estimate of drug-likeness (QED) is 0.464. The van der Waals surface area contributed by atoms with Crippen LogP contribution in [0.25, 0.3) is 0 Å². The summed E-state index contributed by atoms with van der Waals surface area (Å²) >= 11 is -2.54. The molecule has 0 spiro atoms. The van der Waals surface area contributed by atoms with Crippen molar-refractivity contribution in [2.45, 2.75) is 18.9 Å². The molecule has 0 saturated carbocycles. The Balaban J connectivity index is 3.57. The van der Waals surface area contributed by atoms with Gasteiger partial charge >= 0.3 is 0 Å². The highest BCUT2D eigenvalue weighted by Crippen LogP contribution is 2.02. The second-order valence-corrected chi connectivity index (χ2v) is 2.57. The Morgan fingerprint density at radius 2 is 2.45 bits per heavy atom. The average molecular weight is 179 g/mol. The minimum atomic E-state index is -2.54. The van der Waals surface area contributed by atoms with Crippen molar-refractivity contribution in [3.63, 3.8) is 0 Å². The molecule has 0 radical (unpaired) electrons. The van der Waals surface area contributed by atoms with Gasteiger partial charge in [0.2, 0.25) is 0 Å². The molecular formula is C6H11O4S-. The lowest BCUT2D eigenvalue weighted by Gasteiger charge is -2.14. The SMILES string of the molecule is C=CCCC(CO)OS(=O)[O-]. The van der Waals surface area contributed by atoms with Crippen LogP contribution in [0.3, 0.4) is 0 Å². The Morgan fingerprint density at radius 3 is 2.82 bits per heavy atom. The molecule has 0 fully saturated rings. The van der Waals surface area contributed by atoms with Gasteiger partial charge in [0.1, 0.15) is 0 Å². The highest BCUT2D eigenvalue weighted by Gasteiger charge is 2.05. The zero-order chi connectivity index (χ0) is 8.69. The van der Waals surface area contributed by atoms with Crippen molar-refractivity contribution in [2.75, 3.05) is 6.61 Å². The van der Waals surface area contributed by atoms with Crippen LogP contribution in [0, 0.1) is 0 Å². The fourth-order valence-electron chi connectivity index (χ4n) is 0.585. The molecule has 0 aromatic heterocycles. The molecule has 5 heteroatoms. The minimum absolute atomic E-state index is 0.290. The van der Waals surface area contributed by atoms with Gasteiger partial charge in [-0.3, -0.25) is 4.18 Å². The van der Waals surface area contributed by atoms with Gasteiger partial charge in [0.25, 0.3) is 0 Å². The van der Waals surface area contributed by atoms with E-state index in [9.17, 15) is 8.76 Å². The summed E-state index contributed by atoms with van der Waals surface area (Å²) in [6, 6.07) is 0. The van der Waals surface area contributed by atoms with Gasteiger partial charge in [0, 0.05) is 0 Å². The van der Waals surface area contributed by atoms with Gasteiger partial charge in [-0.1, -0.05) is 6.08 Å². The van der Waals surface area contributed by atoms with Crippen LogP contribution in [-0.2, 0) is 15.5 Å². The monoisotopic (exact) mass is 179 g/mol. The lowest BCUT2D eigenvalue weighted by molar-refractivity contribution is 0.111. The summed E-state index contributed by atoms with van der Waals surface area (Å²) in [5.41, 5.74) is 0. The summed E-state index contributed by atoms with van der Waals surface area (Å²) in [6.07, 6.45) is 2.10. The maximum absolute atomic E-state index is 9.97. The Morgan fingerprint density at radius 1 is 1.82 bits per heavy atom. The number of rotatable bonds is 6. The fourth-order valence-corrected chi connectivity index (χ4v) is 0.964. The Labute approximate surface area is 68.4 Å². The molecule has 0 amide bonds. The lowest BCUT2D eigenvalue weighted by Crippen LogP contribution is -2.18. The highest BCUT2D eigenvalue weighted by atomic mass is 32.2. The van der Waals surface area contributed by atoms with E-state index in [4.69, 9.17) is 5.11 Å². The largest absolute Gasteiger partial charge is 0.750 e. The van der Waals surface area contributed by atoms with Gasteiger partial charge in [-0.25, -0.2) is 4.21 Å². The van der Waals surface area contributed by atoms with Gasteiger partial charge in [-0.2, -0.15) is 0 Å². The van der Waals surface area contributed by atoms with E-state index in [-0.39, 0.29) is 6.61 Å². The average Bonchev–Trinajstić information content (AvgIpc) is 1.97. The van der Waals surface area contributed by atoms with Crippen LogP contribution >= 0.6 is 0 Å². The molecule has 0 saturated heterocycles. The Bertz CT molecular complexity index is 137. The second kappa shape index (κ2) is 6.48. The Hall–Kier alpha value is -0.230. The van der Waals surface area contributed by atoms with E-state index in [0.29, 0.717) is 12.8 Å². The van der Waals surface area contributed by atoms with E-state index in [2.05, 4.69) is 10.8 Å². The first-order valence-corrected chi connectivity index (χ1v) is 4.18. The molecule has 0 aromatic carbocycles. The number of hydrogen-bond acceptors (Lipinski definition) is 4. The summed E-state index contributed by atoms with van der Waals surface area (Å²) in [7, 11) is 0. The van der Waals surface area contributed by atoms with Crippen molar-refractivity contribution in [2.24, 2.45) is 0 Å². The van der Waals surface area contributed by atoms with E-state index in [1.54, 1.807) is 6.08 Å². The van der Waals surface area contributed by atoms with Crippen LogP contribution < -0.4 is 0 Å². The van der Waals surface area contributed by atoms with E-state index in [0.717, 1.165) is 0 Å². The standard InChI is InChI=1S/C6H12O4S/c1-2-3-4-6(5-7)10-11(8)9/h2,6-7H,1,3-5H2,(H,8,9)/p-1.